The van der Waals surface area contributed by atoms with Crippen LogP contribution in [0.5, 0.6) is 5.75 Å². The van der Waals surface area contributed by atoms with E-state index in [4.69, 9.17) is 17.0 Å². The minimum atomic E-state index is -0.238. The third-order valence-electron chi connectivity index (χ3n) is 6.95. The van der Waals surface area contributed by atoms with Gasteiger partial charge in [0, 0.05) is 35.2 Å². The Morgan fingerprint density at radius 1 is 0.927 bits per heavy atom. The van der Waals surface area contributed by atoms with Crippen LogP contribution in [-0.2, 0) is 4.79 Å². The van der Waals surface area contributed by atoms with Gasteiger partial charge in [-0.15, -0.1) is 0 Å². The minimum absolute atomic E-state index is 0.0790. The number of carbonyl (C=O) groups is 1. The Hall–Kier alpha value is -5.02. The smallest absolute Gasteiger partial charge is 0.262 e. The maximum atomic E-state index is 12.5. The van der Waals surface area contributed by atoms with Gasteiger partial charge < -0.3 is 24.8 Å². The molecule has 0 radical (unpaired) electrons. The van der Waals surface area contributed by atoms with Crippen LogP contribution in [0.1, 0.15) is 29.2 Å². The number of pyridine rings is 2. The van der Waals surface area contributed by atoms with E-state index in [0.29, 0.717) is 16.5 Å². The lowest BCUT2D eigenvalue weighted by atomic mass is 10.0. The van der Waals surface area contributed by atoms with Gasteiger partial charge in [0.25, 0.3) is 5.91 Å². The van der Waals surface area contributed by atoms with E-state index >= 15 is 0 Å². The Bertz CT molecular complexity index is 1640. The number of ether oxygens (including phenoxy) is 1. The Balaban J connectivity index is 1.30. The van der Waals surface area contributed by atoms with Gasteiger partial charge in [-0.05, 0) is 91.9 Å². The molecule has 0 aliphatic carbocycles. The van der Waals surface area contributed by atoms with Gasteiger partial charge in [0.1, 0.15) is 11.8 Å². The summed E-state index contributed by atoms with van der Waals surface area (Å²) in [6.07, 6.45) is 5.42. The molecule has 1 saturated heterocycles. The van der Waals surface area contributed by atoms with Crippen LogP contribution in [0.2, 0.25) is 0 Å². The Kier molecular flexibility index (Phi) is 7.42. The number of anilines is 2. The highest BCUT2D eigenvalue weighted by Crippen LogP contribution is 2.42. The summed E-state index contributed by atoms with van der Waals surface area (Å²) in [4.78, 5) is 23.6. The maximum absolute atomic E-state index is 12.5. The molecule has 1 fully saturated rings. The summed E-state index contributed by atoms with van der Waals surface area (Å²) in [6, 6.07) is 30.6. The average molecular weight is 561 g/mol. The van der Waals surface area contributed by atoms with Gasteiger partial charge in [0.2, 0.25) is 0 Å². The topological polar surface area (TPSA) is 84.3 Å². The van der Waals surface area contributed by atoms with Crippen molar-refractivity contribution in [3.8, 4) is 11.4 Å². The molecule has 1 aliphatic rings. The highest BCUT2D eigenvalue weighted by molar-refractivity contribution is 7.80. The summed E-state index contributed by atoms with van der Waals surface area (Å²) in [5, 5.41) is 7.01. The molecule has 2 aromatic carbocycles. The lowest BCUT2D eigenvalue weighted by Gasteiger charge is -2.29. The van der Waals surface area contributed by atoms with Gasteiger partial charge in [-0.3, -0.25) is 14.8 Å². The van der Waals surface area contributed by atoms with Crippen molar-refractivity contribution >= 4 is 34.6 Å². The number of amides is 1. The van der Waals surface area contributed by atoms with Crippen molar-refractivity contribution in [2.24, 2.45) is 0 Å². The first-order valence-electron chi connectivity index (χ1n) is 13.3. The molecular weight excluding hydrogens is 532 g/mol. The van der Waals surface area contributed by atoms with E-state index in [1.54, 1.807) is 12.4 Å². The predicted molar refractivity (Wildman–Crippen MR) is 163 cm³/mol. The second kappa shape index (κ2) is 11.6. The normalized spacial score (nSPS) is 16.3. The molecule has 8 nitrogen and oxygen atoms in total. The fraction of sp³-hybridized carbons (Fsp3) is 0.125. The van der Waals surface area contributed by atoms with Crippen molar-refractivity contribution in [1.82, 2.24) is 19.9 Å². The van der Waals surface area contributed by atoms with Gasteiger partial charge in [-0.25, -0.2) is 0 Å². The number of nitrogens with zero attached hydrogens (tertiary/aromatic N) is 4. The number of nitrogens with one attached hydrogen (secondary N) is 2. The van der Waals surface area contributed by atoms with Crippen LogP contribution in [0.15, 0.2) is 116 Å². The molecule has 0 saturated carbocycles. The van der Waals surface area contributed by atoms with E-state index in [2.05, 4.69) is 49.1 Å². The van der Waals surface area contributed by atoms with E-state index in [0.717, 1.165) is 28.5 Å². The van der Waals surface area contributed by atoms with Gasteiger partial charge in [-0.1, -0.05) is 24.3 Å². The van der Waals surface area contributed by atoms with Crippen LogP contribution < -0.4 is 20.3 Å². The minimum Gasteiger partial charge on any atom is -0.484 e. The molecule has 1 aliphatic heterocycles. The van der Waals surface area contributed by atoms with Crippen molar-refractivity contribution in [2.75, 3.05) is 16.8 Å². The van der Waals surface area contributed by atoms with Crippen molar-refractivity contribution in [2.45, 2.75) is 19.0 Å². The number of rotatable bonds is 8. The number of para-hydroxylation sites is 1. The molecule has 4 heterocycles. The summed E-state index contributed by atoms with van der Waals surface area (Å²) in [5.41, 5.74) is 5.55. The predicted octanol–water partition coefficient (Wildman–Crippen LogP) is 5.77. The third-order valence-corrected chi connectivity index (χ3v) is 7.27. The second-order valence-corrected chi connectivity index (χ2v) is 10.0. The lowest BCUT2D eigenvalue weighted by molar-refractivity contribution is -0.118. The van der Waals surface area contributed by atoms with Crippen LogP contribution in [0.25, 0.3) is 5.69 Å². The van der Waals surface area contributed by atoms with E-state index in [9.17, 15) is 4.79 Å². The molecule has 1 amide bonds. The summed E-state index contributed by atoms with van der Waals surface area (Å²) in [6.45, 7) is 2.00. The largest absolute Gasteiger partial charge is 0.484 e. The molecular formula is C32H28N6O2S. The molecule has 6 rings (SSSR count). The molecule has 0 spiro atoms. The summed E-state index contributed by atoms with van der Waals surface area (Å²) < 4.78 is 7.77. The number of benzene rings is 2. The average Bonchev–Trinajstić information content (AvgIpc) is 3.57. The number of carbonyl (C=O) groups excluding carboxylic acids is 1. The van der Waals surface area contributed by atoms with Crippen molar-refractivity contribution in [1.29, 1.82) is 0 Å². The SMILES string of the molecule is Cc1ccc(C2C(c3ccccn3)NC(=S)N2c2ccc(NC(=O)COc3ccccc3)cc2)n1-c1cccnc1. The van der Waals surface area contributed by atoms with Crippen LogP contribution in [0, 0.1) is 6.92 Å². The fourth-order valence-corrected chi connectivity index (χ4v) is 5.48. The van der Waals surface area contributed by atoms with Crippen LogP contribution >= 0.6 is 12.2 Å². The number of hydrogen-bond acceptors (Lipinski definition) is 5. The van der Waals surface area contributed by atoms with E-state index < -0.39 is 0 Å². The first-order valence-corrected chi connectivity index (χ1v) is 13.7. The molecule has 0 bridgehead atoms. The molecule has 9 heteroatoms. The van der Waals surface area contributed by atoms with E-state index in [1.165, 1.54) is 0 Å². The number of hydrogen-bond donors (Lipinski definition) is 2. The molecule has 5 aromatic rings. The zero-order chi connectivity index (χ0) is 28.2. The molecule has 3 aromatic heterocycles. The summed E-state index contributed by atoms with van der Waals surface area (Å²) in [5.74, 6) is 0.408. The third kappa shape index (κ3) is 5.53. The zero-order valence-corrected chi connectivity index (χ0v) is 23.2. The van der Waals surface area contributed by atoms with Crippen LogP contribution in [0.4, 0.5) is 11.4 Å². The fourth-order valence-electron chi connectivity index (χ4n) is 5.13. The Morgan fingerprint density at radius 2 is 1.73 bits per heavy atom. The standard InChI is InChI=1S/C32H28N6O2S/c1-22-12-17-28(37(22)25-8-7-18-33-20-25)31-30(27-11-5-6-19-34-27)36-32(41)38(31)24-15-13-23(14-16-24)35-29(39)21-40-26-9-3-2-4-10-26/h2-20,30-31H,21H2,1H3,(H,35,39)(H,36,41). The number of aryl methyl sites for hydroxylation is 1. The number of aromatic nitrogens is 3. The highest BCUT2D eigenvalue weighted by atomic mass is 32.1. The monoisotopic (exact) mass is 560 g/mol. The summed E-state index contributed by atoms with van der Waals surface area (Å²) in [7, 11) is 0. The maximum Gasteiger partial charge on any atom is 0.262 e. The van der Waals surface area contributed by atoms with Gasteiger partial charge in [-0.2, -0.15) is 0 Å². The molecule has 2 N–H and O–H groups in total. The summed E-state index contributed by atoms with van der Waals surface area (Å²) >= 11 is 5.91. The Labute approximate surface area is 243 Å². The van der Waals surface area contributed by atoms with E-state index in [-0.39, 0.29) is 24.6 Å². The molecule has 2 unspecified atom stereocenters. The van der Waals surface area contributed by atoms with Gasteiger partial charge in [0.15, 0.2) is 11.7 Å². The van der Waals surface area contributed by atoms with Crippen molar-refractivity contribution in [3.05, 3.63) is 133 Å². The second-order valence-electron chi connectivity index (χ2n) is 9.64. The van der Waals surface area contributed by atoms with Crippen molar-refractivity contribution in [3.63, 3.8) is 0 Å². The first-order chi connectivity index (χ1) is 20.1. The van der Waals surface area contributed by atoms with Gasteiger partial charge in [0.05, 0.1) is 23.6 Å². The number of thiocarbonyl (C=S) groups is 1. The van der Waals surface area contributed by atoms with Crippen LogP contribution in [-0.4, -0.2) is 32.2 Å². The van der Waals surface area contributed by atoms with Crippen molar-refractivity contribution < 1.29 is 9.53 Å². The highest BCUT2D eigenvalue weighted by Gasteiger charge is 2.42. The Morgan fingerprint density at radius 3 is 2.46 bits per heavy atom. The molecule has 204 valence electrons. The quantitative estimate of drug-likeness (QED) is 0.233. The molecule has 2 atom stereocenters. The van der Waals surface area contributed by atoms with Gasteiger partial charge >= 0.3 is 0 Å². The lowest BCUT2D eigenvalue weighted by Crippen LogP contribution is -2.30. The van der Waals surface area contributed by atoms with E-state index in [1.807, 2.05) is 91.1 Å². The molecule has 41 heavy (non-hydrogen) atoms. The van der Waals surface area contributed by atoms with Crippen LogP contribution in [0.3, 0.4) is 0 Å². The first kappa shape index (κ1) is 26.2. The zero-order valence-electron chi connectivity index (χ0n) is 22.3.